The van der Waals surface area contributed by atoms with Gasteiger partial charge in [0.1, 0.15) is 0 Å². The first-order valence-electron chi connectivity index (χ1n) is 6.67. The van der Waals surface area contributed by atoms with E-state index in [2.05, 4.69) is 72.3 Å². The number of amides is 1. The van der Waals surface area contributed by atoms with Gasteiger partial charge in [0.05, 0.1) is 23.8 Å². The van der Waals surface area contributed by atoms with Crippen molar-refractivity contribution in [2.24, 2.45) is 0 Å². The molecule has 0 fully saturated rings. The molecule has 0 spiro atoms. The normalized spacial score (nSPS) is 17.8. The monoisotopic (exact) mass is 391 g/mol. The number of alkyl halides is 1. The van der Waals surface area contributed by atoms with Gasteiger partial charge in [0, 0.05) is 52.0 Å². The molecular weight excluding hydrogens is 369 g/mol. The fourth-order valence-electron chi connectivity index (χ4n) is 2.40. The molecule has 0 aromatic carbocycles. The number of carbonyl (C=O) groups is 1. The van der Waals surface area contributed by atoms with Gasteiger partial charge in [0.15, 0.2) is 0 Å². The zero-order valence-electron chi connectivity index (χ0n) is 12.0. The van der Waals surface area contributed by atoms with E-state index in [4.69, 9.17) is 0 Å². The van der Waals surface area contributed by atoms with Crippen molar-refractivity contribution in [3.8, 4) is 0 Å². The van der Waals surface area contributed by atoms with Crippen LogP contribution in [0.4, 0.5) is 0 Å². The van der Waals surface area contributed by atoms with Crippen LogP contribution in [0.25, 0.3) is 0 Å². The van der Waals surface area contributed by atoms with Crippen molar-refractivity contribution in [1.82, 2.24) is 24.9 Å². The zero-order valence-corrected chi connectivity index (χ0v) is 14.2. The summed E-state index contributed by atoms with van der Waals surface area (Å²) in [4.78, 5) is 20.4. The summed E-state index contributed by atoms with van der Waals surface area (Å²) in [7, 11) is 4.10. The van der Waals surface area contributed by atoms with Crippen molar-refractivity contribution in [2.45, 2.75) is 6.04 Å². The SMILES string of the molecule is CN1C=CN(CC(CN2C=CN(C)C2)NC(=O)CI)C1. The molecule has 0 aromatic heterocycles. The molecule has 2 aliphatic heterocycles. The lowest BCUT2D eigenvalue weighted by Crippen LogP contribution is -2.49. The molecule has 0 bridgehead atoms. The topological polar surface area (TPSA) is 42.1 Å². The molecule has 20 heavy (non-hydrogen) atoms. The number of nitrogens with one attached hydrogen (secondary N) is 1. The van der Waals surface area contributed by atoms with Gasteiger partial charge >= 0.3 is 0 Å². The zero-order chi connectivity index (χ0) is 14.5. The van der Waals surface area contributed by atoms with Crippen LogP contribution < -0.4 is 5.32 Å². The number of rotatable bonds is 6. The van der Waals surface area contributed by atoms with Crippen molar-refractivity contribution in [2.75, 3.05) is 44.9 Å². The molecular formula is C13H22IN5O. The molecule has 6 nitrogen and oxygen atoms in total. The van der Waals surface area contributed by atoms with E-state index in [1.165, 1.54) is 0 Å². The Kier molecular flexibility index (Phi) is 5.38. The van der Waals surface area contributed by atoms with Crippen LogP contribution in [-0.4, -0.2) is 76.5 Å². The van der Waals surface area contributed by atoms with Crippen LogP contribution in [0.15, 0.2) is 24.8 Å². The maximum absolute atomic E-state index is 11.7. The molecule has 0 aliphatic carbocycles. The number of nitrogens with zero attached hydrogens (tertiary/aromatic N) is 4. The third kappa shape index (κ3) is 4.46. The quantitative estimate of drug-likeness (QED) is 0.520. The molecule has 1 amide bonds. The largest absolute Gasteiger partial charge is 0.362 e. The molecule has 0 unspecified atom stereocenters. The van der Waals surface area contributed by atoms with Crippen LogP contribution in [0, 0.1) is 0 Å². The summed E-state index contributed by atoms with van der Waals surface area (Å²) < 4.78 is 0.500. The van der Waals surface area contributed by atoms with Gasteiger partial charge in [0.25, 0.3) is 0 Å². The highest BCUT2D eigenvalue weighted by Gasteiger charge is 2.20. The first-order chi connectivity index (χ1) is 9.56. The maximum atomic E-state index is 11.7. The minimum Gasteiger partial charge on any atom is -0.362 e. The Balaban J connectivity index is 1.88. The third-order valence-electron chi connectivity index (χ3n) is 3.27. The van der Waals surface area contributed by atoms with Gasteiger partial charge in [-0.15, -0.1) is 0 Å². The Morgan fingerprint density at radius 1 is 1.10 bits per heavy atom. The Hall–Kier alpha value is -1.12. The number of hydrogen-bond donors (Lipinski definition) is 1. The average Bonchev–Trinajstić information content (AvgIpc) is 2.98. The summed E-state index contributed by atoms with van der Waals surface area (Å²) in [6.07, 6.45) is 8.27. The Morgan fingerprint density at radius 3 is 1.95 bits per heavy atom. The molecule has 0 atom stereocenters. The fraction of sp³-hybridized carbons (Fsp3) is 0.615. The highest BCUT2D eigenvalue weighted by atomic mass is 127. The van der Waals surface area contributed by atoms with Gasteiger partial charge in [-0.1, -0.05) is 22.6 Å². The van der Waals surface area contributed by atoms with E-state index in [-0.39, 0.29) is 11.9 Å². The van der Waals surface area contributed by atoms with E-state index in [1.54, 1.807) is 0 Å². The summed E-state index contributed by atoms with van der Waals surface area (Å²) >= 11 is 2.10. The predicted molar refractivity (Wildman–Crippen MR) is 87.8 cm³/mol. The lowest BCUT2D eigenvalue weighted by atomic mass is 10.2. The molecule has 7 heteroatoms. The summed E-state index contributed by atoms with van der Waals surface area (Å²) in [6.45, 7) is 3.42. The molecule has 0 aromatic rings. The Labute approximate surface area is 134 Å². The summed E-state index contributed by atoms with van der Waals surface area (Å²) in [5, 5.41) is 3.12. The molecule has 2 rings (SSSR count). The number of carbonyl (C=O) groups excluding carboxylic acids is 1. The molecule has 1 N–H and O–H groups in total. The molecule has 0 saturated carbocycles. The van der Waals surface area contributed by atoms with Gasteiger partial charge in [-0.2, -0.15) is 0 Å². The van der Waals surface area contributed by atoms with Gasteiger partial charge in [-0.05, 0) is 0 Å². The maximum Gasteiger partial charge on any atom is 0.230 e. The molecule has 0 radical (unpaired) electrons. The first kappa shape index (κ1) is 15.3. The molecule has 112 valence electrons. The van der Waals surface area contributed by atoms with Gasteiger partial charge < -0.3 is 24.9 Å². The number of hydrogen-bond acceptors (Lipinski definition) is 5. The van der Waals surface area contributed by atoms with Crippen LogP contribution in [-0.2, 0) is 4.79 Å². The standard InChI is InChI=1S/C13H22IN5O/c1-16-3-5-18(10-16)8-12(15-13(20)7-14)9-19-6-4-17(2)11-19/h3-6,12H,7-11H2,1-2H3,(H,15,20). The highest BCUT2D eigenvalue weighted by Crippen LogP contribution is 2.08. The second-order valence-corrected chi connectivity index (χ2v) is 6.10. The van der Waals surface area contributed by atoms with Crippen LogP contribution in [0.1, 0.15) is 0 Å². The lowest BCUT2D eigenvalue weighted by Gasteiger charge is -2.29. The van der Waals surface area contributed by atoms with Crippen LogP contribution >= 0.6 is 22.6 Å². The smallest absolute Gasteiger partial charge is 0.230 e. The van der Waals surface area contributed by atoms with Gasteiger partial charge in [0.2, 0.25) is 5.91 Å². The molecule has 2 heterocycles. The van der Waals surface area contributed by atoms with Gasteiger partial charge in [-0.3, -0.25) is 4.79 Å². The van der Waals surface area contributed by atoms with Crippen molar-refractivity contribution < 1.29 is 4.79 Å². The number of halogens is 1. The molecule has 0 saturated heterocycles. The van der Waals surface area contributed by atoms with Crippen molar-refractivity contribution in [3.63, 3.8) is 0 Å². The summed E-state index contributed by atoms with van der Waals surface area (Å²) in [5.74, 6) is 0.101. The van der Waals surface area contributed by atoms with Crippen LogP contribution in [0.3, 0.4) is 0 Å². The minimum atomic E-state index is 0.101. The summed E-state index contributed by atoms with van der Waals surface area (Å²) in [6, 6.07) is 0.129. The van der Waals surface area contributed by atoms with E-state index in [0.717, 1.165) is 26.4 Å². The Morgan fingerprint density at radius 2 is 1.60 bits per heavy atom. The first-order valence-corrected chi connectivity index (χ1v) is 8.20. The van der Waals surface area contributed by atoms with Crippen molar-refractivity contribution in [1.29, 1.82) is 0 Å². The molecule has 2 aliphatic rings. The third-order valence-corrected chi connectivity index (χ3v) is 3.96. The second-order valence-electron chi connectivity index (χ2n) is 5.33. The van der Waals surface area contributed by atoms with Crippen molar-refractivity contribution >= 4 is 28.5 Å². The van der Waals surface area contributed by atoms with Crippen molar-refractivity contribution in [3.05, 3.63) is 24.8 Å². The van der Waals surface area contributed by atoms with Crippen LogP contribution in [0.5, 0.6) is 0 Å². The lowest BCUT2D eigenvalue weighted by molar-refractivity contribution is -0.119. The van der Waals surface area contributed by atoms with E-state index in [1.807, 2.05) is 14.1 Å². The van der Waals surface area contributed by atoms with E-state index in [9.17, 15) is 4.79 Å². The van der Waals surface area contributed by atoms with Crippen LogP contribution in [0.2, 0.25) is 0 Å². The minimum absolute atomic E-state index is 0.101. The van der Waals surface area contributed by atoms with E-state index < -0.39 is 0 Å². The Bertz CT molecular complexity index is 372. The second kappa shape index (κ2) is 7.05. The average molecular weight is 391 g/mol. The van der Waals surface area contributed by atoms with Gasteiger partial charge in [-0.25, -0.2) is 0 Å². The predicted octanol–water partition coefficient (Wildman–Crippen LogP) is 0.258. The highest BCUT2D eigenvalue weighted by molar-refractivity contribution is 14.1. The van der Waals surface area contributed by atoms with E-state index >= 15 is 0 Å². The summed E-state index contributed by atoms with van der Waals surface area (Å²) in [5.41, 5.74) is 0. The fourth-order valence-corrected chi connectivity index (χ4v) is 2.62. The van der Waals surface area contributed by atoms with E-state index in [0.29, 0.717) is 4.43 Å².